The molecule has 2 aromatic rings. The molecule has 1 saturated heterocycles. The summed E-state index contributed by atoms with van der Waals surface area (Å²) in [7, 11) is 1.80. The van der Waals surface area contributed by atoms with Crippen molar-refractivity contribution in [2.24, 2.45) is 7.05 Å². The number of aryl methyl sites for hydroxylation is 1. The number of nitrogens with zero attached hydrogens (tertiary/aromatic N) is 5. The zero-order valence-corrected chi connectivity index (χ0v) is 19.3. The van der Waals surface area contributed by atoms with E-state index >= 15 is 0 Å². The zero-order valence-electron chi connectivity index (χ0n) is 18.4. The molecule has 0 aliphatic carbocycles. The molecule has 0 bridgehead atoms. The first kappa shape index (κ1) is 21.8. The second-order valence-electron chi connectivity index (χ2n) is 8.97. The number of thiazole rings is 1. The highest BCUT2D eigenvalue weighted by Crippen LogP contribution is 2.26. The summed E-state index contributed by atoms with van der Waals surface area (Å²) >= 11 is 1.74. The van der Waals surface area contributed by atoms with Crippen molar-refractivity contribution in [3.8, 4) is 5.88 Å². The number of ether oxygens (including phenoxy) is 1. The molecule has 0 N–H and O–H groups in total. The average molecular weight is 420 g/mol. The maximum Gasteiger partial charge on any atom is 0.274 e. The average Bonchev–Trinajstić information content (AvgIpc) is 3.16. The highest BCUT2D eigenvalue weighted by Gasteiger charge is 2.24. The van der Waals surface area contributed by atoms with Gasteiger partial charge in [0.05, 0.1) is 16.8 Å². The Morgan fingerprint density at radius 1 is 1.24 bits per heavy atom. The minimum Gasteiger partial charge on any atom is -0.475 e. The maximum absolute atomic E-state index is 12.9. The number of hydrogen-bond acceptors (Lipinski definition) is 6. The summed E-state index contributed by atoms with van der Waals surface area (Å²) in [6.07, 6.45) is 0.995. The molecule has 160 valence electrons. The lowest BCUT2D eigenvalue weighted by Gasteiger charge is -2.21. The van der Waals surface area contributed by atoms with E-state index in [0.717, 1.165) is 38.3 Å². The van der Waals surface area contributed by atoms with Crippen molar-refractivity contribution >= 4 is 17.2 Å². The van der Waals surface area contributed by atoms with Gasteiger partial charge in [-0.05, 0) is 20.3 Å². The van der Waals surface area contributed by atoms with Crippen LogP contribution in [0.2, 0.25) is 0 Å². The van der Waals surface area contributed by atoms with E-state index in [2.05, 4.69) is 36.1 Å². The van der Waals surface area contributed by atoms with E-state index in [-0.39, 0.29) is 17.4 Å². The standard InChI is InChI=1S/C21H33N5O2S/c1-15(2)28-18-12-17(23-24(18)6)19(27)26-9-7-8-25(10-11-26)13-16-14-29-20(22-16)21(3,4)5/h12,14-15H,7-11,13H2,1-6H3. The van der Waals surface area contributed by atoms with Crippen LogP contribution >= 0.6 is 11.3 Å². The molecule has 7 nitrogen and oxygen atoms in total. The molecular formula is C21H33N5O2S. The number of carbonyl (C=O) groups is 1. The van der Waals surface area contributed by atoms with Crippen molar-refractivity contribution < 1.29 is 9.53 Å². The Morgan fingerprint density at radius 2 is 2.00 bits per heavy atom. The monoisotopic (exact) mass is 419 g/mol. The molecule has 3 heterocycles. The number of hydrogen-bond donors (Lipinski definition) is 0. The van der Waals surface area contributed by atoms with Gasteiger partial charge < -0.3 is 9.64 Å². The van der Waals surface area contributed by atoms with Crippen LogP contribution in [0.4, 0.5) is 0 Å². The highest BCUT2D eigenvalue weighted by atomic mass is 32.1. The fourth-order valence-electron chi connectivity index (χ4n) is 3.35. The Kier molecular flexibility index (Phi) is 6.63. The zero-order chi connectivity index (χ0) is 21.2. The number of aromatic nitrogens is 3. The SMILES string of the molecule is CC(C)Oc1cc(C(=O)N2CCCN(Cc3csc(C(C)(C)C)n3)CC2)nn1C. The number of rotatable bonds is 5. The number of amides is 1. The van der Waals surface area contributed by atoms with E-state index in [1.807, 2.05) is 18.7 Å². The van der Waals surface area contributed by atoms with Gasteiger partial charge in [-0.15, -0.1) is 11.3 Å². The minimum absolute atomic E-state index is 0.0234. The van der Waals surface area contributed by atoms with Crippen molar-refractivity contribution in [2.75, 3.05) is 26.2 Å². The maximum atomic E-state index is 12.9. The molecule has 1 aliphatic heterocycles. The minimum atomic E-state index is -0.0234. The summed E-state index contributed by atoms with van der Waals surface area (Å²) in [5.74, 6) is 0.600. The van der Waals surface area contributed by atoms with Gasteiger partial charge in [-0.25, -0.2) is 9.67 Å². The fraction of sp³-hybridized carbons (Fsp3) is 0.667. The van der Waals surface area contributed by atoms with E-state index in [0.29, 0.717) is 18.1 Å². The van der Waals surface area contributed by atoms with Gasteiger partial charge in [0, 0.05) is 56.6 Å². The summed E-state index contributed by atoms with van der Waals surface area (Å²) in [5.41, 5.74) is 1.66. The first-order valence-electron chi connectivity index (χ1n) is 10.3. The van der Waals surface area contributed by atoms with Crippen LogP contribution in [0.25, 0.3) is 0 Å². The van der Waals surface area contributed by atoms with Crippen molar-refractivity contribution in [3.05, 3.63) is 27.8 Å². The quantitative estimate of drug-likeness (QED) is 0.744. The lowest BCUT2D eigenvalue weighted by Crippen LogP contribution is -2.35. The van der Waals surface area contributed by atoms with E-state index in [1.165, 1.54) is 5.01 Å². The second kappa shape index (κ2) is 8.83. The van der Waals surface area contributed by atoms with E-state index in [1.54, 1.807) is 29.1 Å². The molecule has 0 aromatic carbocycles. The molecule has 2 aromatic heterocycles. The summed E-state index contributed by atoms with van der Waals surface area (Å²) < 4.78 is 7.34. The fourth-order valence-corrected chi connectivity index (χ4v) is 4.25. The van der Waals surface area contributed by atoms with Gasteiger partial charge in [0.15, 0.2) is 5.69 Å². The van der Waals surface area contributed by atoms with Gasteiger partial charge >= 0.3 is 0 Å². The first-order valence-corrected chi connectivity index (χ1v) is 11.2. The Labute approximate surface area is 177 Å². The summed E-state index contributed by atoms with van der Waals surface area (Å²) in [6, 6.07) is 1.74. The highest BCUT2D eigenvalue weighted by molar-refractivity contribution is 7.09. The van der Waals surface area contributed by atoms with E-state index < -0.39 is 0 Å². The topological polar surface area (TPSA) is 63.5 Å². The van der Waals surface area contributed by atoms with Gasteiger partial charge in [0.2, 0.25) is 5.88 Å². The second-order valence-corrected chi connectivity index (χ2v) is 9.83. The summed E-state index contributed by atoms with van der Waals surface area (Å²) in [5, 5.41) is 7.70. The Morgan fingerprint density at radius 3 is 2.66 bits per heavy atom. The van der Waals surface area contributed by atoms with E-state index in [9.17, 15) is 4.79 Å². The molecule has 1 aliphatic rings. The molecule has 0 atom stereocenters. The molecule has 1 amide bonds. The van der Waals surface area contributed by atoms with Crippen LogP contribution in [-0.2, 0) is 19.0 Å². The van der Waals surface area contributed by atoms with Crippen LogP contribution in [0.3, 0.4) is 0 Å². The Bertz CT molecular complexity index is 836. The molecule has 8 heteroatoms. The van der Waals surface area contributed by atoms with Crippen molar-refractivity contribution in [1.82, 2.24) is 24.6 Å². The number of carbonyl (C=O) groups excluding carboxylic acids is 1. The first-order chi connectivity index (χ1) is 13.6. The smallest absolute Gasteiger partial charge is 0.274 e. The van der Waals surface area contributed by atoms with Crippen LogP contribution in [0, 0.1) is 0 Å². The lowest BCUT2D eigenvalue weighted by atomic mass is 9.98. The predicted molar refractivity (Wildman–Crippen MR) is 116 cm³/mol. The van der Waals surface area contributed by atoms with Gasteiger partial charge in [-0.1, -0.05) is 20.8 Å². The predicted octanol–water partition coefficient (Wildman–Crippen LogP) is 3.31. The molecule has 1 fully saturated rings. The van der Waals surface area contributed by atoms with Crippen molar-refractivity contribution in [3.63, 3.8) is 0 Å². The third-order valence-corrected chi connectivity index (χ3v) is 6.18. The molecule has 3 rings (SSSR count). The molecule has 29 heavy (non-hydrogen) atoms. The molecular weight excluding hydrogens is 386 g/mol. The lowest BCUT2D eigenvalue weighted by molar-refractivity contribution is 0.0754. The van der Waals surface area contributed by atoms with Gasteiger partial charge in [-0.3, -0.25) is 9.69 Å². The van der Waals surface area contributed by atoms with Crippen molar-refractivity contribution in [2.45, 2.75) is 59.1 Å². The van der Waals surface area contributed by atoms with Crippen LogP contribution in [0.5, 0.6) is 5.88 Å². The van der Waals surface area contributed by atoms with Gasteiger partial charge in [0.1, 0.15) is 0 Å². The van der Waals surface area contributed by atoms with Gasteiger partial charge in [0.25, 0.3) is 5.91 Å². The van der Waals surface area contributed by atoms with Crippen LogP contribution in [-0.4, -0.2) is 62.8 Å². The molecule has 0 spiro atoms. The van der Waals surface area contributed by atoms with Crippen LogP contribution in [0.15, 0.2) is 11.4 Å². The normalized spacial score (nSPS) is 16.3. The Balaban J connectivity index is 1.59. The molecule has 0 saturated carbocycles. The third kappa shape index (κ3) is 5.57. The summed E-state index contributed by atoms with van der Waals surface area (Å²) in [4.78, 5) is 22.1. The van der Waals surface area contributed by atoms with E-state index in [4.69, 9.17) is 9.72 Å². The Hall–Kier alpha value is -1.93. The van der Waals surface area contributed by atoms with Crippen LogP contribution in [0.1, 0.15) is 62.2 Å². The third-order valence-electron chi connectivity index (χ3n) is 4.87. The summed E-state index contributed by atoms with van der Waals surface area (Å²) in [6.45, 7) is 14.6. The largest absolute Gasteiger partial charge is 0.475 e. The van der Waals surface area contributed by atoms with Crippen molar-refractivity contribution in [1.29, 1.82) is 0 Å². The molecule has 0 radical (unpaired) electrons. The van der Waals surface area contributed by atoms with Gasteiger partial charge in [-0.2, -0.15) is 5.10 Å². The van der Waals surface area contributed by atoms with Crippen LogP contribution < -0.4 is 4.74 Å². The molecule has 0 unspecified atom stereocenters.